The molecule has 10 heteroatoms. The summed E-state index contributed by atoms with van der Waals surface area (Å²) in [5.41, 5.74) is 7.02. The summed E-state index contributed by atoms with van der Waals surface area (Å²) in [5.74, 6) is -1.77. The minimum Gasteiger partial charge on any atom is -0.455 e. The maximum atomic E-state index is 11.8. The molecule has 2 aromatic rings. The van der Waals surface area contributed by atoms with Crippen molar-refractivity contribution in [1.82, 2.24) is 9.97 Å². The van der Waals surface area contributed by atoms with Gasteiger partial charge in [-0.05, 0) is 31.4 Å². The van der Waals surface area contributed by atoms with Gasteiger partial charge in [0.1, 0.15) is 5.00 Å². The van der Waals surface area contributed by atoms with E-state index in [1.807, 2.05) is 19.9 Å². The van der Waals surface area contributed by atoms with Crippen molar-refractivity contribution >= 4 is 45.9 Å². The maximum Gasteiger partial charge on any atom is 0.316 e. The van der Waals surface area contributed by atoms with E-state index in [4.69, 9.17) is 10.5 Å². The number of amides is 2. The highest BCUT2D eigenvalue weighted by atomic mass is 32.2. The van der Waals surface area contributed by atoms with E-state index in [0.29, 0.717) is 10.2 Å². The molecule has 0 unspecified atom stereocenters. The Hall–Kier alpha value is -2.46. The lowest BCUT2D eigenvalue weighted by molar-refractivity contribution is -0.144. The molecular weight excluding hydrogens is 364 g/mol. The molecule has 132 valence electrons. The number of anilines is 1. The van der Waals surface area contributed by atoms with Crippen molar-refractivity contribution in [2.24, 2.45) is 5.73 Å². The zero-order chi connectivity index (χ0) is 18.4. The standard InChI is InChI=1S/C15H16N4O4S2/c1-8-5-9(2)18-15(17-8)25-7-12(21)23-6-11(20)19-14-10(13(16)22)3-4-24-14/h3-5H,6-7H2,1-2H3,(H2,16,22)(H,19,20). The molecule has 0 aliphatic rings. The highest BCUT2D eigenvalue weighted by Crippen LogP contribution is 2.22. The first-order chi connectivity index (χ1) is 11.8. The Bertz CT molecular complexity index is 786. The Morgan fingerprint density at radius 3 is 2.60 bits per heavy atom. The van der Waals surface area contributed by atoms with Gasteiger partial charge in [0, 0.05) is 11.4 Å². The van der Waals surface area contributed by atoms with E-state index in [9.17, 15) is 14.4 Å². The van der Waals surface area contributed by atoms with E-state index in [1.165, 1.54) is 6.07 Å². The van der Waals surface area contributed by atoms with Gasteiger partial charge in [0.15, 0.2) is 11.8 Å². The second kappa shape index (κ2) is 8.58. The third-order valence-electron chi connectivity index (χ3n) is 2.83. The number of hydrogen-bond acceptors (Lipinski definition) is 8. The van der Waals surface area contributed by atoms with Crippen molar-refractivity contribution in [2.45, 2.75) is 19.0 Å². The third kappa shape index (κ3) is 5.84. The number of aromatic nitrogens is 2. The number of nitrogens with two attached hydrogens (primary N) is 1. The van der Waals surface area contributed by atoms with Gasteiger partial charge in [-0.2, -0.15) is 0 Å². The van der Waals surface area contributed by atoms with Gasteiger partial charge in [-0.3, -0.25) is 14.4 Å². The first-order valence-corrected chi connectivity index (χ1v) is 8.99. The number of nitrogens with one attached hydrogen (secondary N) is 1. The Balaban J connectivity index is 1.78. The quantitative estimate of drug-likeness (QED) is 0.424. The largest absolute Gasteiger partial charge is 0.455 e. The van der Waals surface area contributed by atoms with E-state index in [0.717, 1.165) is 34.5 Å². The Kier molecular flexibility index (Phi) is 6.48. The number of esters is 1. The SMILES string of the molecule is Cc1cc(C)nc(SCC(=O)OCC(=O)Nc2sccc2C(N)=O)n1. The Morgan fingerprint density at radius 2 is 1.96 bits per heavy atom. The first kappa shape index (κ1) is 18.9. The lowest BCUT2D eigenvalue weighted by Gasteiger charge is -2.06. The number of thioether (sulfide) groups is 1. The Labute approximate surface area is 152 Å². The number of carbonyl (C=O) groups is 3. The molecular formula is C15H16N4O4S2. The summed E-state index contributed by atoms with van der Waals surface area (Å²) in [6.07, 6.45) is 0. The number of hydrogen-bond donors (Lipinski definition) is 2. The molecule has 0 saturated heterocycles. The molecule has 2 rings (SSSR count). The summed E-state index contributed by atoms with van der Waals surface area (Å²) in [6.45, 7) is 3.22. The predicted molar refractivity (Wildman–Crippen MR) is 94.7 cm³/mol. The van der Waals surface area contributed by atoms with Crippen LogP contribution in [0.15, 0.2) is 22.7 Å². The number of primary amides is 1. The number of thiophene rings is 1. The van der Waals surface area contributed by atoms with Crippen LogP contribution in [-0.4, -0.2) is 40.1 Å². The molecule has 0 atom stereocenters. The normalized spacial score (nSPS) is 10.3. The van der Waals surface area contributed by atoms with Gasteiger partial charge in [0.05, 0.1) is 11.3 Å². The zero-order valence-corrected chi connectivity index (χ0v) is 15.2. The van der Waals surface area contributed by atoms with Crippen molar-refractivity contribution in [1.29, 1.82) is 0 Å². The second-order valence-corrected chi connectivity index (χ2v) is 6.82. The van der Waals surface area contributed by atoms with E-state index in [1.54, 1.807) is 5.38 Å². The maximum absolute atomic E-state index is 11.8. The van der Waals surface area contributed by atoms with Crippen molar-refractivity contribution < 1.29 is 19.1 Å². The molecule has 0 spiro atoms. The van der Waals surface area contributed by atoms with E-state index in [-0.39, 0.29) is 11.3 Å². The van der Waals surface area contributed by atoms with Crippen LogP contribution < -0.4 is 11.1 Å². The summed E-state index contributed by atoms with van der Waals surface area (Å²) >= 11 is 2.29. The van der Waals surface area contributed by atoms with Gasteiger partial charge in [0.25, 0.3) is 11.8 Å². The van der Waals surface area contributed by atoms with Crippen molar-refractivity contribution in [3.05, 3.63) is 34.5 Å². The fourth-order valence-electron chi connectivity index (χ4n) is 1.83. The van der Waals surface area contributed by atoms with Crippen molar-refractivity contribution in [2.75, 3.05) is 17.7 Å². The smallest absolute Gasteiger partial charge is 0.316 e. The zero-order valence-electron chi connectivity index (χ0n) is 13.6. The number of nitrogens with zero attached hydrogens (tertiary/aromatic N) is 2. The molecule has 0 aliphatic heterocycles. The van der Waals surface area contributed by atoms with Crippen LogP contribution in [0.2, 0.25) is 0 Å². The average molecular weight is 380 g/mol. The van der Waals surface area contributed by atoms with Gasteiger partial charge in [-0.15, -0.1) is 11.3 Å². The number of carbonyl (C=O) groups excluding carboxylic acids is 3. The summed E-state index contributed by atoms with van der Waals surface area (Å²) in [6, 6.07) is 3.34. The highest BCUT2D eigenvalue weighted by molar-refractivity contribution is 7.99. The predicted octanol–water partition coefficient (Wildman–Crippen LogP) is 1.53. The second-order valence-electron chi connectivity index (χ2n) is 4.96. The molecule has 2 heterocycles. The summed E-state index contributed by atoms with van der Waals surface area (Å²) in [7, 11) is 0. The number of ether oxygens (including phenoxy) is 1. The van der Waals surface area contributed by atoms with Crippen LogP contribution >= 0.6 is 23.1 Å². The Morgan fingerprint density at radius 1 is 1.28 bits per heavy atom. The van der Waals surface area contributed by atoms with Gasteiger partial charge in [0.2, 0.25) is 0 Å². The van der Waals surface area contributed by atoms with Gasteiger partial charge < -0.3 is 15.8 Å². The number of aryl methyl sites for hydroxylation is 2. The van der Waals surface area contributed by atoms with Crippen LogP contribution in [0, 0.1) is 13.8 Å². The lowest BCUT2D eigenvalue weighted by atomic mass is 10.3. The van der Waals surface area contributed by atoms with Crippen LogP contribution in [0.5, 0.6) is 0 Å². The van der Waals surface area contributed by atoms with E-state index >= 15 is 0 Å². The third-order valence-corrected chi connectivity index (χ3v) is 4.48. The summed E-state index contributed by atoms with van der Waals surface area (Å²) < 4.78 is 4.90. The molecule has 0 fully saturated rings. The van der Waals surface area contributed by atoms with Gasteiger partial charge in [-0.25, -0.2) is 9.97 Å². The summed E-state index contributed by atoms with van der Waals surface area (Å²) in [4.78, 5) is 43.1. The molecule has 0 aromatic carbocycles. The van der Waals surface area contributed by atoms with Crippen LogP contribution in [0.3, 0.4) is 0 Å². The number of rotatable bonds is 7. The van der Waals surface area contributed by atoms with Gasteiger partial charge >= 0.3 is 5.97 Å². The average Bonchev–Trinajstić information content (AvgIpc) is 2.98. The van der Waals surface area contributed by atoms with Crippen molar-refractivity contribution in [3.63, 3.8) is 0 Å². The molecule has 25 heavy (non-hydrogen) atoms. The monoisotopic (exact) mass is 380 g/mol. The summed E-state index contributed by atoms with van der Waals surface area (Å²) in [5, 5.41) is 4.91. The molecule has 0 saturated carbocycles. The van der Waals surface area contributed by atoms with Gasteiger partial charge in [-0.1, -0.05) is 11.8 Å². The highest BCUT2D eigenvalue weighted by Gasteiger charge is 2.14. The molecule has 2 aromatic heterocycles. The van der Waals surface area contributed by atoms with E-state index < -0.39 is 24.4 Å². The molecule has 0 bridgehead atoms. The first-order valence-electron chi connectivity index (χ1n) is 7.13. The van der Waals surface area contributed by atoms with Crippen molar-refractivity contribution in [3.8, 4) is 0 Å². The molecule has 0 aliphatic carbocycles. The van der Waals surface area contributed by atoms with Crippen LogP contribution in [0.25, 0.3) is 0 Å². The lowest BCUT2D eigenvalue weighted by Crippen LogP contribution is -2.22. The minimum atomic E-state index is -0.640. The fourth-order valence-corrected chi connectivity index (χ4v) is 3.39. The molecule has 0 radical (unpaired) electrons. The van der Waals surface area contributed by atoms with Crippen LogP contribution in [0.4, 0.5) is 5.00 Å². The fraction of sp³-hybridized carbons (Fsp3) is 0.267. The van der Waals surface area contributed by atoms with Crippen LogP contribution in [-0.2, 0) is 14.3 Å². The molecule has 3 N–H and O–H groups in total. The minimum absolute atomic E-state index is 0.0122. The van der Waals surface area contributed by atoms with E-state index in [2.05, 4.69) is 15.3 Å². The van der Waals surface area contributed by atoms with Crippen LogP contribution in [0.1, 0.15) is 21.7 Å². The molecule has 8 nitrogen and oxygen atoms in total. The topological polar surface area (TPSA) is 124 Å². The molecule has 2 amide bonds.